The number of fused-ring (bicyclic) bond motifs is 1. The fourth-order valence-corrected chi connectivity index (χ4v) is 1.89. The maximum absolute atomic E-state index is 8.81. The molecule has 0 N–H and O–H groups in total. The van der Waals surface area contributed by atoms with Crippen LogP contribution >= 0.6 is 12.6 Å². The van der Waals surface area contributed by atoms with Crippen molar-refractivity contribution in [1.29, 1.82) is 5.26 Å². The Bertz CT molecular complexity index is 418. The van der Waals surface area contributed by atoms with E-state index in [2.05, 4.69) is 29.8 Å². The minimum atomic E-state index is -0.406. The summed E-state index contributed by atoms with van der Waals surface area (Å²) in [4.78, 5) is 4.36. The normalized spacial score (nSPS) is 16.4. The molecule has 1 aromatic carbocycles. The lowest BCUT2D eigenvalue weighted by Crippen LogP contribution is -2.20. The average Bonchev–Trinajstić information content (AvgIpc) is 2.27. The van der Waals surface area contributed by atoms with E-state index < -0.39 is 5.25 Å². The van der Waals surface area contributed by atoms with Crippen LogP contribution in [0.25, 0.3) is 0 Å². The van der Waals surface area contributed by atoms with Gasteiger partial charge in [-0.3, -0.25) is 4.99 Å². The Morgan fingerprint density at radius 1 is 1.43 bits per heavy atom. The number of thiol groups is 1. The first-order valence-corrected chi connectivity index (χ1v) is 5.05. The van der Waals surface area contributed by atoms with E-state index in [1.165, 1.54) is 5.56 Å². The van der Waals surface area contributed by atoms with Crippen molar-refractivity contribution in [3.8, 4) is 6.07 Å². The summed E-state index contributed by atoms with van der Waals surface area (Å²) in [6, 6.07) is 10.2. The molecule has 0 saturated carbocycles. The second-order valence-corrected chi connectivity index (χ2v) is 3.72. The molecule has 1 atom stereocenters. The molecular weight excluding hydrogens is 192 g/mol. The monoisotopic (exact) mass is 202 g/mol. The van der Waals surface area contributed by atoms with Gasteiger partial charge in [-0.2, -0.15) is 17.9 Å². The smallest absolute Gasteiger partial charge is 0.131 e. The molecule has 0 radical (unpaired) electrons. The Hall–Kier alpha value is -1.27. The van der Waals surface area contributed by atoms with Crippen molar-refractivity contribution in [3.63, 3.8) is 0 Å². The maximum atomic E-state index is 8.81. The van der Waals surface area contributed by atoms with Crippen LogP contribution in [0.4, 0.5) is 0 Å². The number of rotatable bonds is 1. The van der Waals surface area contributed by atoms with Crippen molar-refractivity contribution >= 4 is 18.3 Å². The molecule has 0 amide bonds. The third-order valence-corrected chi connectivity index (χ3v) is 2.70. The van der Waals surface area contributed by atoms with Gasteiger partial charge in [0.05, 0.1) is 11.8 Å². The van der Waals surface area contributed by atoms with Gasteiger partial charge < -0.3 is 0 Å². The minimum absolute atomic E-state index is 0.406. The minimum Gasteiger partial charge on any atom is -0.286 e. The van der Waals surface area contributed by atoms with E-state index in [0.717, 1.165) is 24.2 Å². The van der Waals surface area contributed by atoms with Crippen molar-refractivity contribution in [2.75, 3.05) is 6.54 Å². The van der Waals surface area contributed by atoms with Gasteiger partial charge in [-0.05, 0) is 12.0 Å². The first-order chi connectivity index (χ1) is 6.83. The quantitative estimate of drug-likeness (QED) is 0.693. The van der Waals surface area contributed by atoms with Crippen LogP contribution in [0.2, 0.25) is 0 Å². The molecule has 0 aliphatic carbocycles. The number of hydrogen-bond donors (Lipinski definition) is 1. The molecule has 1 unspecified atom stereocenters. The van der Waals surface area contributed by atoms with Crippen LogP contribution < -0.4 is 0 Å². The van der Waals surface area contributed by atoms with Crippen LogP contribution in [0.1, 0.15) is 11.1 Å². The highest BCUT2D eigenvalue weighted by Gasteiger charge is 2.18. The molecule has 0 fully saturated rings. The SMILES string of the molecule is N#CC(S)C1=NCCc2ccccc21. The van der Waals surface area contributed by atoms with Gasteiger partial charge in [0.15, 0.2) is 0 Å². The summed E-state index contributed by atoms with van der Waals surface area (Å²) in [6.07, 6.45) is 0.964. The molecule has 0 aromatic heterocycles. The molecule has 1 aliphatic heterocycles. The van der Waals surface area contributed by atoms with Gasteiger partial charge in [-0.25, -0.2) is 0 Å². The summed E-state index contributed by atoms with van der Waals surface area (Å²) in [7, 11) is 0. The van der Waals surface area contributed by atoms with Crippen LogP contribution in [-0.2, 0) is 6.42 Å². The van der Waals surface area contributed by atoms with Gasteiger partial charge in [0.2, 0.25) is 0 Å². The Labute approximate surface area is 88.7 Å². The molecular formula is C11H10N2S. The van der Waals surface area contributed by atoms with E-state index in [1.807, 2.05) is 18.2 Å². The Balaban J connectivity index is 2.46. The Morgan fingerprint density at radius 3 is 3.00 bits per heavy atom. The zero-order valence-electron chi connectivity index (χ0n) is 7.64. The second-order valence-electron chi connectivity index (χ2n) is 3.21. The summed E-state index contributed by atoms with van der Waals surface area (Å²) in [5.41, 5.74) is 3.17. The van der Waals surface area contributed by atoms with Gasteiger partial charge in [-0.15, -0.1) is 0 Å². The molecule has 14 heavy (non-hydrogen) atoms. The molecule has 0 saturated heterocycles. The van der Waals surface area contributed by atoms with E-state index in [1.54, 1.807) is 0 Å². The van der Waals surface area contributed by atoms with E-state index in [0.29, 0.717) is 0 Å². The molecule has 1 heterocycles. The zero-order chi connectivity index (χ0) is 9.97. The predicted molar refractivity (Wildman–Crippen MR) is 59.9 cm³/mol. The molecule has 3 heteroatoms. The fourth-order valence-electron chi connectivity index (χ4n) is 1.67. The highest BCUT2D eigenvalue weighted by molar-refractivity contribution is 7.82. The summed E-state index contributed by atoms with van der Waals surface area (Å²) in [6.45, 7) is 0.769. The lowest BCUT2D eigenvalue weighted by atomic mass is 9.96. The summed E-state index contributed by atoms with van der Waals surface area (Å²) in [5, 5.41) is 8.40. The fraction of sp³-hybridized carbons (Fsp3) is 0.273. The number of hydrogen-bond acceptors (Lipinski definition) is 3. The van der Waals surface area contributed by atoms with Crippen molar-refractivity contribution in [3.05, 3.63) is 35.4 Å². The molecule has 0 bridgehead atoms. The average molecular weight is 202 g/mol. The van der Waals surface area contributed by atoms with Gasteiger partial charge >= 0.3 is 0 Å². The van der Waals surface area contributed by atoms with Crippen LogP contribution in [0.15, 0.2) is 29.3 Å². The largest absolute Gasteiger partial charge is 0.286 e. The molecule has 1 aromatic rings. The Morgan fingerprint density at radius 2 is 2.21 bits per heavy atom. The van der Waals surface area contributed by atoms with E-state index in [-0.39, 0.29) is 0 Å². The molecule has 2 nitrogen and oxygen atoms in total. The first kappa shape index (κ1) is 9.29. The highest BCUT2D eigenvalue weighted by atomic mass is 32.1. The van der Waals surface area contributed by atoms with Crippen LogP contribution in [0.3, 0.4) is 0 Å². The van der Waals surface area contributed by atoms with Crippen LogP contribution in [-0.4, -0.2) is 17.5 Å². The van der Waals surface area contributed by atoms with Crippen LogP contribution in [0.5, 0.6) is 0 Å². The second kappa shape index (κ2) is 3.85. The summed E-state index contributed by atoms with van der Waals surface area (Å²) < 4.78 is 0. The van der Waals surface area contributed by atoms with Crippen molar-refractivity contribution in [2.24, 2.45) is 4.99 Å². The van der Waals surface area contributed by atoms with E-state index in [4.69, 9.17) is 5.26 Å². The number of benzene rings is 1. The highest BCUT2D eigenvalue weighted by Crippen LogP contribution is 2.19. The molecule has 70 valence electrons. The van der Waals surface area contributed by atoms with Gasteiger partial charge in [0.1, 0.15) is 5.25 Å². The molecule has 1 aliphatic rings. The third-order valence-electron chi connectivity index (χ3n) is 2.34. The van der Waals surface area contributed by atoms with Crippen LogP contribution in [0, 0.1) is 11.3 Å². The predicted octanol–water partition coefficient (Wildman–Crippen LogP) is 1.85. The van der Waals surface area contributed by atoms with E-state index >= 15 is 0 Å². The first-order valence-electron chi connectivity index (χ1n) is 4.53. The van der Waals surface area contributed by atoms with Gasteiger partial charge in [-0.1, -0.05) is 24.3 Å². The topological polar surface area (TPSA) is 36.1 Å². The maximum Gasteiger partial charge on any atom is 0.131 e. The van der Waals surface area contributed by atoms with Gasteiger partial charge in [0.25, 0.3) is 0 Å². The summed E-state index contributed by atoms with van der Waals surface area (Å²) >= 11 is 4.21. The zero-order valence-corrected chi connectivity index (χ0v) is 8.54. The number of nitrogens with zero attached hydrogens (tertiary/aromatic N) is 2. The molecule has 0 spiro atoms. The van der Waals surface area contributed by atoms with Crippen molar-refractivity contribution in [1.82, 2.24) is 0 Å². The van der Waals surface area contributed by atoms with E-state index in [9.17, 15) is 0 Å². The van der Waals surface area contributed by atoms with Crippen molar-refractivity contribution < 1.29 is 0 Å². The third kappa shape index (κ3) is 1.53. The number of nitriles is 1. The van der Waals surface area contributed by atoms with Crippen molar-refractivity contribution in [2.45, 2.75) is 11.7 Å². The lowest BCUT2D eigenvalue weighted by molar-refractivity contribution is 0.938. The number of aliphatic imine (C=N–C) groups is 1. The standard InChI is InChI=1S/C11H10N2S/c12-7-10(14)11-9-4-2-1-3-8(9)5-6-13-11/h1-4,10,14H,5-6H2. The molecule has 2 rings (SSSR count). The lowest BCUT2D eigenvalue weighted by Gasteiger charge is -2.17. The summed E-state index contributed by atoms with van der Waals surface area (Å²) in [5.74, 6) is 0. The Kier molecular flexibility index (Phi) is 2.55. The van der Waals surface area contributed by atoms with Gasteiger partial charge in [0, 0.05) is 12.1 Å².